The molecule has 0 fully saturated rings. The van der Waals surface area contributed by atoms with Crippen molar-refractivity contribution in [2.45, 2.75) is 24.0 Å². The van der Waals surface area contributed by atoms with Crippen LogP contribution in [0.5, 0.6) is 0 Å². The molecule has 2 rings (SSSR count). The maximum Gasteiger partial charge on any atom is 0.131 e. The standard InChI is InChI=1S/C17H19F2NO2S/c1-11(12-6-8-13(9-7-12)23(2)22)20-10-16(21)17-14(18)4-3-5-15(17)19/h3-9,11,16,20-21H,10H2,1-2H3/t11-,16+,23-/m0/s1. The second-order valence-electron chi connectivity index (χ2n) is 5.30. The zero-order chi connectivity index (χ0) is 17.0. The Labute approximate surface area is 136 Å². The smallest absolute Gasteiger partial charge is 0.131 e. The molecule has 0 bridgehead atoms. The van der Waals surface area contributed by atoms with Crippen molar-refractivity contribution >= 4 is 10.8 Å². The third-order valence-corrected chi connectivity index (χ3v) is 4.60. The van der Waals surface area contributed by atoms with Crippen LogP contribution in [0.4, 0.5) is 8.78 Å². The van der Waals surface area contributed by atoms with Gasteiger partial charge in [-0.15, -0.1) is 0 Å². The number of halogens is 2. The highest BCUT2D eigenvalue weighted by atomic mass is 32.2. The van der Waals surface area contributed by atoms with Gasteiger partial charge in [-0.1, -0.05) is 18.2 Å². The normalized spacial score (nSPS) is 15.2. The van der Waals surface area contributed by atoms with Gasteiger partial charge in [0.05, 0.1) is 11.7 Å². The zero-order valence-electron chi connectivity index (χ0n) is 12.9. The van der Waals surface area contributed by atoms with Crippen molar-refractivity contribution in [1.82, 2.24) is 5.32 Å². The molecular weight excluding hydrogens is 320 g/mol. The van der Waals surface area contributed by atoms with Crippen LogP contribution in [-0.2, 0) is 10.8 Å². The summed E-state index contributed by atoms with van der Waals surface area (Å²) in [4.78, 5) is 0.731. The van der Waals surface area contributed by atoms with E-state index < -0.39 is 28.5 Å². The predicted molar refractivity (Wildman–Crippen MR) is 86.5 cm³/mol. The van der Waals surface area contributed by atoms with Gasteiger partial charge in [-0.2, -0.15) is 0 Å². The SMILES string of the molecule is C[C@H](NC[C@@H](O)c1c(F)cccc1F)c1ccc([S@](C)=O)cc1. The maximum absolute atomic E-state index is 13.6. The summed E-state index contributed by atoms with van der Waals surface area (Å²) >= 11 is 0. The molecule has 3 nitrogen and oxygen atoms in total. The van der Waals surface area contributed by atoms with E-state index in [1.807, 2.05) is 19.1 Å². The lowest BCUT2D eigenvalue weighted by Gasteiger charge is -2.18. The summed E-state index contributed by atoms with van der Waals surface area (Å²) < 4.78 is 38.6. The van der Waals surface area contributed by atoms with Crippen LogP contribution in [0.15, 0.2) is 47.4 Å². The molecule has 3 atom stereocenters. The molecule has 0 saturated carbocycles. The Morgan fingerprint density at radius 3 is 2.22 bits per heavy atom. The molecule has 23 heavy (non-hydrogen) atoms. The molecule has 2 N–H and O–H groups in total. The van der Waals surface area contributed by atoms with E-state index in [-0.39, 0.29) is 18.2 Å². The molecule has 0 unspecified atom stereocenters. The number of hydrogen-bond donors (Lipinski definition) is 2. The molecule has 0 aliphatic rings. The van der Waals surface area contributed by atoms with E-state index in [2.05, 4.69) is 5.32 Å². The number of benzene rings is 2. The lowest BCUT2D eigenvalue weighted by atomic mass is 10.1. The lowest BCUT2D eigenvalue weighted by molar-refractivity contribution is 0.161. The van der Waals surface area contributed by atoms with Crippen LogP contribution in [0.1, 0.15) is 30.2 Å². The van der Waals surface area contributed by atoms with Crippen molar-refractivity contribution in [1.29, 1.82) is 0 Å². The number of hydrogen-bond acceptors (Lipinski definition) is 3. The van der Waals surface area contributed by atoms with Crippen molar-refractivity contribution < 1.29 is 18.1 Å². The van der Waals surface area contributed by atoms with Crippen LogP contribution in [-0.4, -0.2) is 22.1 Å². The Bertz CT molecular complexity index is 671. The first-order valence-corrected chi connectivity index (χ1v) is 8.74. The Balaban J connectivity index is 2.01. The second-order valence-corrected chi connectivity index (χ2v) is 6.68. The van der Waals surface area contributed by atoms with Crippen molar-refractivity contribution in [3.8, 4) is 0 Å². The highest BCUT2D eigenvalue weighted by Gasteiger charge is 2.18. The van der Waals surface area contributed by atoms with E-state index in [0.29, 0.717) is 0 Å². The van der Waals surface area contributed by atoms with E-state index in [9.17, 15) is 18.1 Å². The maximum atomic E-state index is 13.6. The van der Waals surface area contributed by atoms with Crippen molar-refractivity contribution in [2.24, 2.45) is 0 Å². The molecule has 124 valence electrons. The van der Waals surface area contributed by atoms with E-state index >= 15 is 0 Å². The Kier molecular flexibility index (Phi) is 5.98. The Hall–Kier alpha value is -1.63. The van der Waals surface area contributed by atoms with Crippen molar-refractivity contribution in [3.63, 3.8) is 0 Å². The summed E-state index contributed by atoms with van der Waals surface area (Å²) in [5.41, 5.74) is 0.601. The fourth-order valence-corrected chi connectivity index (χ4v) is 2.80. The largest absolute Gasteiger partial charge is 0.387 e. The van der Waals surface area contributed by atoms with Gasteiger partial charge in [0.1, 0.15) is 11.6 Å². The van der Waals surface area contributed by atoms with Crippen LogP contribution in [0.25, 0.3) is 0 Å². The van der Waals surface area contributed by atoms with Gasteiger partial charge in [0.2, 0.25) is 0 Å². The summed E-state index contributed by atoms with van der Waals surface area (Å²) in [6, 6.07) is 10.6. The van der Waals surface area contributed by atoms with Gasteiger partial charge < -0.3 is 10.4 Å². The summed E-state index contributed by atoms with van der Waals surface area (Å²) in [5.74, 6) is -1.52. The van der Waals surface area contributed by atoms with Gasteiger partial charge >= 0.3 is 0 Å². The highest BCUT2D eigenvalue weighted by Crippen LogP contribution is 2.21. The van der Waals surface area contributed by atoms with Crippen molar-refractivity contribution in [3.05, 3.63) is 65.2 Å². The molecule has 0 aliphatic carbocycles. The van der Waals surface area contributed by atoms with E-state index in [0.717, 1.165) is 22.6 Å². The average Bonchev–Trinajstić information content (AvgIpc) is 2.52. The van der Waals surface area contributed by atoms with Gasteiger partial charge in [0.25, 0.3) is 0 Å². The fraction of sp³-hybridized carbons (Fsp3) is 0.294. The summed E-state index contributed by atoms with van der Waals surface area (Å²) in [7, 11) is -1.04. The highest BCUT2D eigenvalue weighted by molar-refractivity contribution is 7.84. The van der Waals surface area contributed by atoms with E-state index in [4.69, 9.17) is 0 Å². The third kappa shape index (κ3) is 4.43. The van der Waals surface area contributed by atoms with Crippen LogP contribution in [0.3, 0.4) is 0 Å². The second kappa shape index (κ2) is 7.77. The number of aliphatic hydroxyl groups is 1. The first kappa shape index (κ1) is 17.7. The molecular formula is C17H19F2NO2S. The predicted octanol–water partition coefficient (Wildman–Crippen LogP) is 3.09. The quantitative estimate of drug-likeness (QED) is 0.850. The topological polar surface area (TPSA) is 49.3 Å². The minimum absolute atomic E-state index is 0.0144. The molecule has 0 radical (unpaired) electrons. The molecule has 0 amide bonds. The van der Waals surface area contributed by atoms with Gasteiger partial charge in [0.15, 0.2) is 0 Å². The minimum atomic E-state index is -1.28. The van der Waals surface area contributed by atoms with Crippen LogP contribution < -0.4 is 5.32 Å². The Morgan fingerprint density at radius 2 is 1.70 bits per heavy atom. The molecule has 0 spiro atoms. The molecule has 2 aromatic rings. The number of aliphatic hydroxyl groups excluding tert-OH is 1. The fourth-order valence-electron chi connectivity index (χ4n) is 2.29. The first-order valence-electron chi connectivity index (χ1n) is 7.19. The van der Waals surface area contributed by atoms with E-state index in [1.165, 1.54) is 6.07 Å². The monoisotopic (exact) mass is 339 g/mol. The summed E-state index contributed by atoms with van der Waals surface area (Å²) in [6.07, 6.45) is 0.330. The minimum Gasteiger partial charge on any atom is -0.387 e. The summed E-state index contributed by atoms with van der Waals surface area (Å²) in [6.45, 7) is 1.89. The molecule has 0 aromatic heterocycles. The third-order valence-electron chi connectivity index (χ3n) is 3.66. The lowest BCUT2D eigenvalue weighted by Crippen LogP contribution is -2.25. The van der Waals surface area contributed by atoms with E-state index in [1.54, 1.807) is 18.4 Å². The molecule has 0 heterocycles. The van der Waals surface area contributed by atoms with Gasteiger partial charge in [-0.25, -0.2) is 8.78 Å². The zero-order valence-corrected chi connectivity index (χ0v) is 13.7. The van der Waals surface area contributed by atoms with Crippen LogP contribution in [0, 0.1) is 11.6 Å². The average molecular weight is 339 g/mol. The van der Waals surface area contributed by atoms with Gasteiger partial charge in [-0.3, -0.25) is 4.21 Å². The first-order chi connectivity index (χ1) is 10.9. The van der Waals surface area contributed by atoms with Crippen molar-refractivity contribution in [2.75, 3.05) is 12.8 Å². The van der Waals surface area contributed by atoms with Crippen LogP contribution in [0.2, 0.25) is 0 Å². The molecule has 0 saturated heterocycles. The number of nitrogens with one attached hydrogen (secondary N) is 1. The molecule has 0 aliphatic heterocycles. The Morgan fingerprint density at radius 1 is 1.13 bits per heavy atom. The van der Waals surface area contributed by atoms with Gasteiger partial charge in [-0.05, 0) is 36.8 Å². The molecule has 2 aromatic carbocycles. The van der Waals surface area contributed by atoms with Gasteiger partial charge in [0, 0.05) is 34.5 Å². The molecule has 6 heteroatoms. The van der Waals surface area contributed by atoms with Crippen LogP contribution >= 0.6 is 0 Å². The number of rotatable bonds is 6. The summed E-state index contributed by atoms with van der Waals surface area (Å²) in [5, 5.41) is 13.1.